The molecule has 0 spiro atoms. The van der Waals surface area contributed by atoms with Crippen LogP contribution in [0.2, 0.25) is 0 Å². The van der Waals surface area contributed by atoms with Gasteiger partial charge in [0.2, 0.25) is 0 Å². The van der Waals surface area contributed by atoms with Gasteiger partial charge in [0.05, 0.1) is 10.5 Å². The van der Waals surface area contributed by atoms with E-state index in [0.717, 1.165) is 31.7 Å². The Bertz CT molecular complexity index is 685. The summed E-state index contributed by atoms with van der Waals surface area (Å²) in [6, 6.07) is 1.19. The minimum absolute atomic E-state index is 0.450. The fourth-order valence-corrected chi connectivity index (χ4v) is 3.26. The number of carbonyl (C=O) groups excluding carboxylic acids is 1. The Kier molecular flexibility index (Phi) is 4.26. The van der Waals surface area contributed by atoms with E-state index >= 15 is 0 Å². The summed E-state index contributed by atoms with van der Waals surface area (Å²) in [7, 11) is 0.854. The van der Waals surface area contributed by atoms with E-state index in [1.54, 1.807) is 0 Å². The molecule has 4 nitrogen and oxygen atoms in total. The van der Waals surface area contributed by atoms with Crippen LogP contribution >= 0.6 is 10.7 Å². The van der Waals surface area contributed by atoms with Crippen molar-refractivity contribution in [1.82, 2.24) is 5.32 Å². The molecule has 1 amide bonds. The van der Waals surface area contributed by atoms with Gasteiger partial charge < -0.3 is 5.32 Å². The Labute approximate surface area is 125 Å². The zero-order valence-electron chi connectivity index (χ0n) is 11.3. The molecule has 1 fully saturated rings. The number of halogens is 3. The van der Waals surface area contributed by atoms with Crippen LogP contribution in [-0.2, 0) is 9.05 Å². The van der Waals surface area contributed by atoms with Crippen LogP contribution in [0, 0.1) is 11.6 Å². The van der Waals surface area contributed by atoms with Gasteiger partial charge in [0.1, 0.15) is 0 Å². The molecular formula is C13H14ClF2NO3S. The van der Waals surface area contributed by atoms with Crippen molar-refractivity contribution < 1.29 is 22.0 Å². The first-order chi connectivity index (χ1) is 9.62. The van der Waals surface area contributed by atoms with Gasteiger partial charge in [0.25, 0.3) is 15.0 Å². The van der Waals surface area contributed by atoms with Crippen LogP contribution in [0.5, 0.6) is 0 Å². The predicted molar refractivity (Wildman–Crippen MR) is 73.7 cm³/mol. The molecule has 1 aliphatic rings. The topological polar surface area (TPSA) is 63.2 Å². The van der Waals surface area contributed by atoms with E-state index in [1.807, 2.05) is 6.92 Å². The average molecular weight is 338 g/mol. The van der Waals surface area contributed by atoms with Gasteiger partial charge in [-0.3, -0.25) is 4.79 Å². The lowest BCUT2D eigenvalue weighted by Crippen LogP contribution is -2.44. The Hall–Kier alpha value is -1.21. The third-order valence-corrected chi connectivity index (χ3v) is 4.98. The molecule has 0 aromatic heterocycles. The summed E-state index contributed by atoms with van der Waals surface area (Å²) in [4.78, 5) is 11.5. The van der Waals surface area contributed by atoms with Crippen LogP contribution in [0.4, 0.5) is 8.78 Å². The first kappa shape index (κ1) is 16.2. The van der Waals surface area contributed by atoms with Crippen molar-refractivity contribution >= 4 is 25.6 Å². The molecule has 0 unspecified atom stereocenters. The highest BCUT2D eigenvalue weighted by Gasteiger charge is 2.32. The summed E-state index contributed by atoms with van der Waals surface area (Å²) < 4.78 is 49.7. The van der Waals surface area contributed by atoms with E-state index < -0.39 is 42.6 Å². The smallest absolute Gasteiger partial charge is 0.261 e. The van der Waals surface area contributed by atoms with E-state index in [4.69, 9.17) is 10.7 Å². The van der Waals surface area contributed by atoms with Crippen LogP contribution in [-0.4, -0.2) is 19.9 Å². The molecule has 1 N–H and O–H groups in total. The molecular weight excluding hydrogens is 324 g/mol. The Morgan fingerprint density at radius 2 is 1.86 bits per heavy atom. The quantitative estimate of drug-likeness (QED) is 0.862. The molecule has 0 atom stereocenters. The number of benzene rings is 1. The van der Waals surface area contributed by atoms with E-state index in [0.29, 0.717) is 6.07 Å². The molecule has 21 heavy (non-hydrogen) atoms. The molecule has 1 aromatic rings. The number of amides is 1. The molecule has 1 aliphatic carbocycles. The molecule has 0 saturated heterocycles. The van der Waals surface area contributed by atoms with E-state index in [-0.39, 0.29) is 0 Å². The van der Waals surface area contributed by atoms with E-state index in [9.17, 15) is 22.0 Å². The van der Waals surface area contributed by atoms with Crippen LogP contribution < -0.4 is 5.32 Å². The van der Waals surface area contributed by atoms with Crippen molar-refractivity contribution in [3.63, 3.8) is 0 Å². The van der Waals surface area contributed by atoms with Crippen molar-refractivity contribution in [3.8, 4) is 0 Å². The lowest BCUT2D eigenvalue weighted by molar-refractivity contribution is 0.0902. The van der Waals surface area contributed by atoms with Gasteiger partial charge in [-0.15, -0.1) is 0 Å². The van der Waals surface area contributed by atoms with E-state index in [2.05, 4.69) is 5.32 Å². The number of carbonyl (C=O) groups is 1. The Morgan fingerprint density at radius 3 is 2.38 bits per heavy atom. The number of rotatable bonds is 3. The van der Waals surface area contributed by atoms with Crippen molar-refractivity contribution in [2.24, 2.45) is 0 Å². The van der Waals surface area contributed by atoms with Crippen molar-refractivity contribution in [1.29, 1.82) is 0 Å². The fourth-order valence-electron chi connectivity index (χ4n) is 2.49. The largest absolute Gasteiger partial charge is 0.347 e. The summed E-state index contributed by atoms with van der Waals surface area (Å²) in [6.07, 6.45) is 3.33. The molecule has 0 aliphatic heterocycles. The highest BCUT2D eigenvalue weighted by atomic mass is 35.7. The fraction of sp³-hybridized carbons (Fsp3) is 0.462. The number of hydrogen-bond donors (Lipinski definition) is 1. The maximum absolute atomic E-state index is 13.7. The van der Waals surface area contributed by atoms with Crippen LogP contribution in [0.1, 0.15) is 43.0 Å². The van der Waals surface area contributed by atoms with Crippen LogP contribution in [0.25, 0.3) is 0 Å². The molecule has 8 heteroatoms. The third-order valence-electron chi connectivity index (χ3n) is 3.65. The van der Waals surface area contributed by atoms with Gasteiger partial charge in [-0.1, -0.05) is 12.8 Å². The maximum atomic E-state index is 13.7. The second kappa shape index (κ2) is 5.53. The summed E-state index contributed by atoms with van der Waals surface area (Å²) >= 11 is 0. The van der Waals surface area contributed by atoms with Gasteiger partial charge in [-0.05, 0) is 31.9 Å². The van der Waals surface area contributed by atoms with Crippen molar-refractivity contribution in [3.05, 3.63) is 29.3 Å². The molecule has 0 radical (unpaired) electrons. The van der Waals surface area contributed by atoms with Gasteiger partial charge in [0.15, 0.2) is 11.6 Å². The molecule has 1 aromatic carbocycles. The number of nitrogens with one attached hydrogen (secondary N) is 1. The van der Waals surface area contributed by atoms with Crippen molar-refractivity contribution in [2.75, 3.05) is 0 Å². The van der Waals surface area contributed by atoms with Crippen molar-refractivity contribution in [2.45, 2.75) is 43.0 Å². The number of hydrogen-bond acceptors (Lipinski definition) is 3. The Balaban J connectivity index is 2.38. The van der Waals surface area contributed by atoms with Gasteiger partial charge in [-0.25, -0.2) is 17.2 Å². The first-order valence-electron chi connectivity index (χ1n) is 6.39. The summed E-state index contributed by atoms with van der Waals surface area (Å²) in [5.74, 6) is -3.67. The second-order valence-corrected chi connectivity index (χ2v) is 7.99. The predicted octanol–water partition coefficient (Wildman–Crippen LogP) is 2.95. The Morgan fingerprint density at radius 1 is 1.29 bits per heavy atom. The minimum Gasteiger partial charge on any atom is -0.347 e. The normalized spacial score (nSPS) is 17.7. The zero-order valence-corrected chi connectivity index (χ0v) is 12.8. The SMILES string of the molecule is CC1(NC(=O)c2cc(S(=O)(=O)Cl)cc(F)c2F)CCCC1. The lowest BCUT2D eigenvalue weighted by Gasteiger charge is -2.25. The zero-order chi connectivity index (χ0) is 15.8. The molecule has 116 valence electrons. The third kappa shape index (κ3) is 3.52. The van der Waals surface area contributed by atoms with Gasteiger partial charge >= 0.3 is 0 Å². The lowest BCUT2D eigenvalue weighted by atomic mass is 10.00. The monoisotopic (exact) mass is 337 g/mol. The van der Waals surface area contributed by atoms with Gasteiger partial charge in [0, 0.05) is 16.2 Å². The standard InChI is InChI=1S/C13H14ClF2NO3S/c1-13(4-2-3-5-13)17-12(18)9-6-8(21(14,19)20)7-10(15)11(9)16/h6-7H,2-5H2,1H3,(H,17,18). The molecule has 0 bridgehead atoms. The van der Waals surface area contributed by atoms with Crippen LogP contribution in [0.15, 0.2) is 17.0 Å². The van der Waals surface area contributed by atoms with Crippen LogP contribution in [0.3, 0.4) is 0 Å². The molecule has 1 saturated carbocycles. The summed E-state index contributed by atoms with van der Waals surface area (Å²) in [5, 5.41) is 2.63. The summed E-state index contributed by atoms with van der Waals surface area (Å²) in [6.45, 7) is 1.81. The minimum atomic E-state index is -4.26. The maximum Gasteiger partial charge on any atom is 0.261 e. The molecule has 0 heterocycles. The van der Waals surface area contributed by atoms with Gasteiger partial charge in [-0.2, -0.15) is 0 Å². The highest BCUT2D eigenvalue weighted by Crippen LogP contribution is 2.30. The average Bonchev–Trinajstić information content (AvgIpc) is 2.77. The summed E-state index contributed by atoms with van der Waals surface area (Å²) in [5.41, 5.74) is -1.15. The van der Waals surface area contributed by atoms with E-state index in [1.165, 1.54) is 0 Å². The second-order valence-electron chi connectivity index (χ2n) is 5.43. The highest BCUT2D eigenvalue weighted by molar-refractivity contribution is 8.13. The molecule has 2 rings (SSSR count). The first-order valence-corrected chi connectivity index (χ1v) is 8.69.